The molecule has 1 amide bonds. The molecule has 0 saturated carbocycles. The standard InChI is InChI=1S/C25H22N4O2S/c30-22(27-19-11-5-8-17-7-1-2-9-18(17)19)13-15-29-24(21-12-6-16-31-21)23(28-25(29)32)20-10-3-4-14-26-20/h1-12,14,16,23-24H,13,15H2,(H,27,30)(H,28,32). The first-order valence-corrected chi connectivity index (χ1v) is 10.9. The molecule has 2 aromatic carbocycles. The predicted molar refractivity (Wildman–Crippen MR) is 128 cm³/mol. The fourth-order valence-corrected chi connectivity index (χ4v) is 4.52. The van der Waals surface area contributed by atoms with E-state index in [9.17, 15) is 4.79 Å². The van der Waals surface area contributed by atoms with Gasteiger partial charge in [-0.3, -0.25) is 9.78 Å². The van der Waals surface area contributed by atoms with Gasteiger partial charge in [0.2, 0.25) is 5.91 Å². The van der Waals surface area contributed by atoms with E-state index in [1.165, 1.54) is 0 Å². The Balaban J connectivity index is 1.33. The average Bonchev–Trinajstić information content (AvgIpc) is 3.46. The number of hydrogen-bond acceptors (Lipinski definition) is 4. The molecule has 7 heteroatoms. The van der Waals surface area contributed by atoms with Crippen molar-refractivity contribution < 1.29 is 9.21 Å². The number of hydrogen-bond donors (Lipinski definition) is 2. The van der Waals surface area contributed by atoms with E-state index in [-0.39, 0.29) is 24.4 Å². The van der Waals surface area contributed by atoms with Gasteiger partial charge in [-0.1, -0.05) is 42.5 Å². The Morgan fingerprint density at radius 3 is 2.72 bits per heavy atom. The van der Waals surface area contributed by atoms with Gasteiger partial charge in [0.05, 0.1) is 18.0 Å². The first-order chi connectivity index (χ1) is 15.7. The fraction of sp³-hybridized carbons (Fsp3) is 0.160. The van der Waals surface area contributed by atoms with Crippen LogP contribution >= 0.6 is 12.2 Å². The third kappa shape index (κ3) is 3.94. The zero-order valence-electron chi connectivity index (χ0n) is 17.3. The first-order valence-electron chi connectivity index (χ1n) is 10.5. The summed E-state index contributed by atoms with van der Waals surface area (Å²) < 4.78 is 5.73. The number of pyridine rings is 1. The Hall–Kier alpha value is -3.71. The van der Waals surface area contributed by atoms with Gasteiger partial charge in [0.25, 0.3) is 0 Å². The molecule has 160 valence electrons. The van der Waals surface area contributed by atoms with Crippen LogP contribution in [0.25, 0.3) is 10.8 Å². The van der Waals surface area contributed by atoms with Crippen molar-refractivity contribution in [2.45, 2.75) is 18.5 Å². The zero-order chi connectivity index (χ0) is 21.9. The predicted octanol–water partition coefficient (Wildman–Crippen LogP) is 4.83. The van der Waals surface area contributed by atoms with Crippen molar-refractivity contribution in [3.05, 3.63) is 96.7 Å². The van der Waals surface area contributed by atoms with Gasteiger partial charge >= 0.3 is 0 Å². The second-order valence-corrected chi connectivity index (χ2v) is 8.05. The number of anilines is 1. The van der Waals surface area contributed by atoms with Crippen molar-refractivity contribution in [1.82, 2.24) is 15.2 Å². The number of rotatable bonds is 6. The van der Waals surface area contributed by atoms with Crippen LogP contribution in [0.2, 0.25) is 0 Å². The molecule has 1 aliphatic rings. The molecule has 1 saturated heterocycles. The first kappa shape index (κ1) is 20.2. The number of aromatic nitrogens is 1. The molecule has 2 aromatic heterocycles. The summed E-state index contributed by atoms with van der Waals surface area (Å²) in [6.07, 6.45) is 3.70. The topological polar surface area (TPSA) is 70.4 Å². The largest absolute Gasteiger partial charge is 0.467 e. The molecule has 2 unspecified atom stereocenters. The molecular weight excluding hydrogens is 420 g/mol. The highest BCUT2D eigenvalue weighted by molar-refractivity contribution is 7.80. The van der Waals surface area contributed by atoms with Gasteiger partial charge in [-0.05, 0) is 47.9 Å². The van der Waals surface area contributed by atoms with E-state index in [4.69, 9.17) is 16.6 Å². The molecular formula is C25H22N4O2S. The monoisotopic (exact) mass is 442 g/mol. The molecule has 2 atom stereocenters. The summed E-state index contributed by atoms with van der Waals surface area (Å²) in [5.41, 5.74) is 1.68. The van der Waals surface area contributed by atoms with E-state index in [0.717, 1.165) is 27.9 Å². The number of carbonyl (C=O) groups excluding carboxylic acids is 1. The van der Waals surface area contributed by atoms with Gasteiger partial charge in [-0.2, -0.15) is 0 Å². The molecule has 0 aliphatic carbocycles. The van der Waals surface area contributed by atoms with Crippen LogP contribution in [0.1, 0.15) is 30.0 Å². The highest BCUT2D eigenvalue weighted by Gasteiger charge is 2.41. The minimum absolute atomic E-state index is 0.0661. The lowest BCUT2D eigenvalue weighted by Gasteiger charge is -2.25. The number of benzene rings is 2. The van der Waals surface area contributed by atoms with Gasteiger partial charge in [-0.15, -0.1) is 0 Å². The number of carbonyl (C=O) groups is 1. The summed E-state index contributed by atoms with van der Waals surface area (Å²) in [5, 5.41) is 9.10. The number of amides is 1. The lowest BCUT2D eigenvalue weighted by molar-refractivity contribution is -0.116. The van der Waals surface area contributed by atoms with Crippen molar-refractivity contribution in [1.29, 1.82) is 0 Å². The van der Waals surface area contributed by atoms with E-state index in [1.807, 2.05) is 77.7 Å². The number of nitrogens with one attached hydrogen (secondary N) is 2. The Kier molecular flexibility index (Phi) is 5.56. The van der Waals surface area contributed by atoms with E-state index < -0.39 is 0 Å². The van der Waals surface area contributed by atoms with Crippen LogP contribution in [0.4, 0.5) is 5.69 Å². The van der Waals surface area contributed by atoms with Crippen molar-refractivity contribution in [2.75, 3.05) is 11.9 Å². The summed E-state index contributed by atoms with van der Waals surface area (Å²) >= 11 is 5.63. The molecule has 6 nitrogen and oxygen atoms in total. The van der Waals surface area contributed by atoms with Crippen molar-refractivity contribution >= 4 is 39.7 Å². The second kappa shape index (κ2) is 8.80. The molecule has 3 heterocycles. The summed E-state index contributed by atoms with van der Waals surface area (Å²) in [6.45, 7) is 0.455. The van der Waals surface area contributed by atoms with Crippen LogP contribution in [0, 0.1) is 0 Å². The second-order valence-electron chi connectivity index (χ2n) is 7.66. The minimum Gasteiger partial charge on any atom is -0.467 e. The molecule has 5 rings (SSSR count). The molecule has 2 N–H and O–H groups in total. The molecule has 0 radical (unpaired) electrons. The summed E-state index contributed by atoms with van der Waals surface area (Å²) in [6, 6.07) is 23.1. The average molecular weight is 443 g/mol. The third-order valence-corrected chi connectivity index (χ3v) is 6.03. The Morgan fingerprint density at radius 1 is 1.06 bits per heavy atom. The number of thiocarbonyl (C=S) groups is 1. The lowest BCUT2D eigenvalue weighted by Crippen LogP contribution is -2.32. The summed E-state index contributed by atoms with van der Waals surface area (Å²) in [4.78, 5) is 19.3. The van der Waals surface area contributed by atoms with Crippen LogP contribution in [0.5, 0.6) is 0 Å². The number of furan rings is 1. The van der Waals surface area contributed by atoms with Gasteiger partial charge in [-0.25, -0.2) is 0 Å². The molecule has 0 bridgehead atoms. The highest BCUT2D eigenvalue weighted by Crippen LogP contribution is 2.38. The van der Waals surface area contributed by atoms with Gasteiger partial charge < -0.3 is 20.0 Å². The summed E-state index contributed by atoms with van der Waals surface area (Å²) in [7, 11) is 0. The molecule has 1 fully saturated rings. The van der Waals surface area contributed by atoms with E-state index in [0.29, 0.717) is 11.7 Å². The number of fused-ring (bicyclic) bond motifs is 1. The quantitative estimate of drug-likeness (QED) is 0.417. The smallest absolute Gasteiger partial charge is 0.226 e. The lowest BCUT2D eigenvalue weighted by atomic mass is 10.0. The van der Waals surface area contributed by atoms with Crippen LogP contribution < -0.4 is 10.6 Å². The minimum atomic E-state index is -0.183. The molecule has 32 heavy (non-hydrogen) atoms. The van der Waals surface area contributed by atoms with Gasteiger partial charge in [0, 0.05) is 30.2 Å². The van der Waals surface area contributed by atoms with Crippen molar-refractivity contribution in [2.24, 2.45) is 0 Å². The van der Waals surface area contributed by atoms with Crippen LogP contribution in [0.15, 0.2) is 89.7 Å². The maximum atomic E-state index is 12.8. The third-order valence-electron chi connectivity index (χ3n) is 5.68. The Morgan fingerprint density at radius 2 is 1.91 bits per heavy atom. The molecule has 4 aromatic rings. The van der Waals surface area contributed by atoms with E-state index in [2.05, 4.69) is 15.6 Å². The van der Waals surface area contributed by atoms with Crippen LogP contribution in [0.3, 0.4) is 0 Å². The molecule has 0 spiro atoms. The Bertz CT molecular complexity index is 1240. The summed E-state index contributed by atoms with van der Waals surface area (Å²) in [5.74, 6) is 0.714. The molecule has 1 aliphatic heterocycles. The van der Waals surface area contributed by atoms with Crippen molar-refractivity contribution in [3.63, 3.8) is 0 Å². The van der Waals surface area contributed by atoms with Gasteiger partial charge in [0.1, 0.15) is 11.8 Å². The zero-order valence-corrected chi connectivity index (χ0v) is 18.1. The number of nitrogens with zero attached hydrogens (tertiary/aromatic N) is 2. The van der Waals surface area contributed by atoms with Crippen LogP contribution in [-0.2, 0) is 4.79 Å². The maximum Gasteiger partial charge on any atom is 0.226 e. The van der Waals surface area contributed by atoms with Crippen LogP contribution in [-0.4, -0.2) is 27.4 Å². The van der Waals surface area contributed by atoms with Crippen molar-refractivity contribution in [3.8, 4) is 0 Å². The SMILES string of the molecule is O=C(CCN1C(=S)NC(c2ccccn2)C1c1ccco1)Nc1cccc2ccccc12. The fourth-order valence-electron chi connectivity index (χ4n) is 4.18. The van der Waals surface area contributed by atoms with E-state index in [1.54, 1.807) is 12.5 Å². The van der Waals surface area contributed by atoms with E-state index >= 15 is 0 Å². The normalized spacial score (nSPS) is 18.0. The van der Waals surface area contributed by atoms with Gasteiger partial charge in [0.15, 0.2) is 5.11 Å². The Labute approximate surface area is 191 Å². The highest BCUT2D eigenvalue weighted by atomic mass is 32.1. The maximum absolute atomic E-state index is 12.8.